The molecule has 82 valence electrons. The van der Waals surface area contributed by atoms with Gasteiger partial charge in [-0.3, -0.25) is 0 Å². The van der Waals surface area contributed by atoms with Gasteiger partial charge in [0.25, 0.3) is 0 Å². The fraction of sp³-hybridized carbons (Fsp3) is 0.125. The van der Waals surface area contributed by atoms with Crippen LogP contribution < -0.4 is 0 Å². The first-order valence-electron chi connectivity index (χ1n) is 3.71. The number of benzene rings is 1. The Hall–Kier alpha value is -1.50. The lowest BCUT2D eigenvalue weighted by atomic mass is 10.1. The monoisotopic (exact) mass is 236 g/mol. The summed E-state index contributed by atoms with van der Waals surface area (Å²) in [7, 11) is -5.24. The number of rotatable bonds is 2. The van der Waals surface area contributed by atoms with Crippen LogP contribution in [0.2, 0.25) is 0 Å². The van der Waals surface area contributed by atoms with Crippen LogP contribution in [0, 0.1) is 12.7 Å². The molecule has 1 aromatic carbocycles. The molecule has 0 spiro atoms. The van der Waals surface area contributed by atoms with E-state index in [1.54, 1.807) is 0 Å². The zero-order chi connectivity index (χ0) is 11.8. The molecule has 0 fully saturated rings. The van der Waals surface area contributed by atoms with Gasteiger partial charge in [0.1, 0.15) is 10.7 Å². The van der Waals surface area contributed by atoms with Gasteiger partial charge in [-0.15, -0.1) is 3.89 Å². The molecule has 0 aromatic heterocycles. The molecule has 0 saturated carbocycles. The zero-order valence-corrected chi connectivity index (χ0v) is 8.31. The molecular weight excluding hydrogens is 230 g/mol. The Balaban J connectivity index is 3.58. The first-order chi connectivity index (χ1) is 6.73. The molecule has 0 amide bonds. The fourth-order valence-electron chi connectivity index (χ4n) is 1.07. The van der Waals surface area contributed by atoms with Crippen molar-refractivity contribution in [2.75, 3.05) is 0 Å². The van der Waals surface area contributed by atoms with Gasteiger partial charge in [0, 0.05) is 0 Å². The number of aromatic carboxylic acids is 1. The third kappa shape index (κ3) is 2.30. The summed E-state index contributed by atoms with van der Waals surface area (Å²) in [6.07, 6.45) is 0. The van der Waals surface area contributed by atoms with E-state index >= 15 is 0 Å². The summed E-state index contributed by atoms with van der Waals surface area (Å²) in [5.74, 6) is -2.75. The van der Waals surface area contributed by atoms with Crippen molar-refractivity contribution >= 4 is 16.2 Å². The molecule has 0 aliphatic carbocycles. The Morgan fingerprint density at radius 2 is 1.93 bits per heavy atom. The van der Waals surface area contributed by atoms with Crippen molar-refractivity contribution in [3.63, 3.8) is 0 Å². The van der Waals surface area contributed by atoms with E-state index in [2.05, 4.69) is 0 Å². The third-order valence-corrected chi connectivity index (χ3v) is 2.61. The molecule has 0 saturated heterocycles. The number of carboxylic acids is 1. The minimum absolute atomic E-state index is 0.0207. The molecule has 15 heavy (non-hydrogen) atoms. The van der Waals surface area contributed by atoms with Gasteiger partial charge >= 0.3 is 16.2 Å². The van der Waals surface area contributed by atoms with Crippen molar-refractivity contribution in [3.05, 3.63) is 29.1 Å². The number of hydrogen-bond acceptors (Lipinski definition) is 3. The van der Waals surface area contributed by atoms with E-state index in [0.29, 0.717) is 12.1 Å². The summed E-state index contributed by atoms with van der Waals surface area (Å²) in [6.45, 7) is 1.28. The number of halogens is 2. The van der Waals surface area contributed by atoms with E-state index in [4.69, 9.17) is 5.11 Å². The van der Waals surface area contributed by atoms with Crippen molar-refractivity contribution in [2.24, 2.45) is 0 Å². The maximum Gasteiger partial charge on any atom is 0.335 e. The normalized spacial score (nSPS) is 11.4. The van der Waals surface area contributed by atoms with E-state index < -0.39 is 32.5 Å². The summed E-state index contributed by atoms with van der Waals surface area (Å²) in [5.41, 5.74) is -0.431. The summed E-state index contributed by atoms with van der Waals surface area (Å²) < 4.78 is 46.4. The molecule has 4 nitrogen and oxygen atoms in total. The fourth-order valence-corrected chi connectivity index (χ4v) is 1.62. The van der Waals surface area contributed by atoms with Gasteiger partial charge in [0.2, 0.25) is 0 Å². The highest BCUT2D eigenvalue weighted by atomic mass is 32.3. The van der Waals surface area contributed by atoms with E-state index in [9.17, 15) is 21.5 Å². The van der Waals surface area contributed by atoms with Crippen molar-refractivity contribution in [1.82, 2.24) is 0 Å². The standard InChI is InChI=1S/C8H6F2O4S/c1-4-2-6(9)7(15(10,13)14)3-5(4)8(11)12/h2-3H,1H3,(H,11,12). The number of carboxylic acid groups (broad SMARTS) is 1. The summed E-state index contributed by atoms with van der Waals surface area (Å²) >= 11 is 0. The summed E-state index contributed by atoms with van der Waals surface area (Å²) in [4.78, 5) is 9.31. The van der Waals surface area contributed by atoms with E-state index in [0.717, 1.165) is 0 Å². The lowest BCUT2D eigenvalue weighted by Crippen LogP contribution is -2.05. The van der Waals surface area contributed by atoms with E-state index in [1.807, 2.05) is 0 Å². The summed E-state index contributed by atoms with van der Waals surface area (Å²) in [6, 6.07) is 1.12. The third-order valence-electron chi connectivity index (χ3n) is 1.77. The molecular formula is C8H6F2O4S. The predicted octanol–water partition coefficient (Wildman–Crippen LogP) is 1.49. The Morgan fingerprint density at radius 3 is 2.33 bits per heavy atom. The Bertz CT molecular complexity index is 522. The lowest BCUT2D eigenvalue weighted by molar-refractivity contribution is 0.0695. The number of hydrogen-bond donors (Lipinski definition) is 1. The average molecular weight is 236 g/mol. The van der Waals surface area contributed by atoms with Crippen molar-refractivity contribution in [2.45, 2.75) is 11.8 Å². The molecule has 0 aliphatic heterocycles. The molecule has 0 heterocycles. The molecule has 1 aromatic rings. The molecule has 0 radical (unpaired) electrons. The van der Waals surface area contributed by atoms with Crippen molar-refractivity contribution in [1.29, 1.82) is 0 Å². The second-order valence-corrected chi connectivity index (χ2v) is 4.16. The van der Waals surface area contributed by atoms with Gasteiger partial charge in [-0.25, -0.2) is 9.18 Å². The highest BCUT2D eigenvalue weighted by Crippen LogP contribution is 2.21. The first-order valence-corrected chi connectivity index (χ1v) is 5.10. The molecule has 0 aliphatic rings. The smallest absolute Gasteiger partial charge is 0.335 e. The van der Waals surface area contributed by atoms with E-state index in [-0.39, 0.29) is 5.56 Å². The van der Waals surface area contributed by atoms with Crippen LogP contribution >= 0.6 is 0 Å². The Morgan fingerprint density at radius 1 is 1.40 bits per heavy atom. The highest BCUT2D eigenvalue weighted by Gasteiger charge is 2.21. The highest BCUT2D eigenvalue weighted by molar-refractivity contribution is 7.86. The summed E-state index contributed by atoms with van der Waals surface area (Å²) in [5, 5.41) is 8.61. The number of aryl methyl sites for hydroxylation is 1. The van der Waals surface area contributed by atoms with Crippen molar-refractivity contribution < 1.29 is 26.6 Å². The van der Waals surface area contributed by atoms with Crippen LogP contribution in [0.5, 0.6) is 0 Å². The Labute approximate surface area is 84.4 Å². The van der Waals surface area contributed by atoms with Gasteiger partial charge in [-0.2, -0.15) is 8.42 Å². The van der Waals surface area contributed by atoms with Crippen LogP contribution in [-0.2, 0) is 10.2 Å². The van der Waals surface area contributed by atoms with Gasteiger partial charge in [-0.1, -0.05) is 0 Å². The molecule has 1 N–H and O–H groups in total. The molecule has 1 rings (SSSR count). The molecule has 0 unspecified atom stereocenters. The van der Waals surface area contributed by atoms with Gasteiger partial charge < -0.3 is 5.11 Å². The van der Waals surface area contributed by atoms with Crippen LogP contribution in [0.3, 0.4) is 0 Å². The quantitative estimate of drug-likeness (QED) is 0.789. The van der Waals surface area contributed by atoms with Crippen LogP contribution in [0.1, 0.15) is 15.9 Å². The van der Waals surface area contributed by atoms with Gasteiger partial charge in [-0.05, 0) is 24.6 Å². The number of carbonyl (C=O) groups is 1. The maximum absolute atomic E-state index is 13.0. The second-order valence-electron chi connectivity index (χ2n) is 2.84. The lowest BCUT2D eigenvalue weighted by Gasteiger charge is -2.03. The zero-order valence-electron chi connectivity index (χ0n) is 7.49. The van der Waals surface area contributed by atoms with E-state index in [1.165, 1.54) is 6.92 Å². The minimum atomic E-state index is -5.24. The first kappa shape index (κ1) is 11.6. The van der Waals surface area contributed by atoms with Crippen LogP contribution in [0.25, 0.3) is 0 Å². The topological polar surface area (TPSA) is 71.4 Å². The SMILES string of the molecule is Cc1cc(F)c(S(=O)(=O)F)cc1C(=O)O. The van der Waals surface area contributed by atoms with Gasteiger partial charge in [0.05, 0.1) is 5.56 Å². The predicted molar refractivity (Wildman–Crippen MR) is 46.4 cm³/mol. The maximum atomic E-state index is 13.0. The largest absolute Gasteiger partial charge is 0.478 e. The minimum Gasteiger partial charge on any atom is -0.478 e. The molecule has 7 heteroatoms. The van der Waals surface area contributed by atoms with Crippen LogP contribution in [-0.4, -0.2) is 19.5 Å². The average Bonchev–Trinajstić information content (AvgIpc) is 2.00. The van der Waals surface area contributed by atoms with Crippen molar-refractivity contribution in [3.8, 4) is 0 Å². The molecule has 0 atom stereocenters. The van der Waals surface area contributed by atoms with Gasteiger partial charge in [0.15, 0.2) is 0 Å². The Kier molecular flexibility index (Phi) is 2.76. The van der Waals surface area contributed by atoms with Crippen LogP contribution in [0.4, 0.5) is 8.28 Å². The van der Waals surface area contributed by atoms with Crippen LogP contribution in [0.15, 0.2) is 17.0 Å². The second kappa shape index (κ2) is 3.58. The molecule has 0 bridgehead atoms.